The van der Waals surface area contributed by atoms with Crippen LogP contribution in [0.1, 0.15) is 155 Å². The van der Waals surface area contributed by atoms with E-state index in [0.717, 1.165) is 64.2 Å². The molecule has 0 aromatic carbocycles. The first kappa shape index (κ1) is 45.6. The number of amides is 1. The highest BCUT2D eigenvalue weighted by Gasteiger charge is 2.12. The molecule has 1 unspecified atom stereocenters. The fourth-order valence-electron chi connectivity index (χ4n) is 4.96. The number of carboxylic acid groups (broad SMARTS) is 1. The number of carbonyl (C=O) groups is 3. The molecule has 6 heteroatoms. The summed E-state index contributed by atoms with van der Waals surface area (Å²) in [6, 6.07) is 0. The van der Waals surface area contributed by atoms with Crippen LogP contribution in [0.4, 0.5) is 0 Å². The molecule has 1 atom stereocenters. The number of hydrogen-bond acceptors (Lipinski definition) is 4. The van der Waals surface area contributed by atoms with Gasteiger partial charge < -0.3 is 15.2 Å². The smallest absolute Gasteiger partial charge is 0.322 e. The van der Waals surface area contributed by atoms with E-state index in [4.69, 9.17) is 9.84 Å². The van der Waals surface area contributed by atoms with Crippen LogP contribution in [0.15, 0.2) is 85.1 Å². The van der Waals surface area contributed by atoms with Crippen molar-refractivity contribution in [2.75, 3.05) is 6.54 Å². The predicted molar refractivity (Wildman–Crippen MR) is 207 cm³/mol. The minimum atomic E-state index is -1.06. The van der Waals surface area contributed by atoms with Crippen molar-refractivity contribution in [2.24, 2.45) is 0 Å². The van der Waals surface area contributed by atoms with Crippen LogP contribution < -0.4 is 5.32 Å². The zero-order chi connectivity index (χ0) is 35.9. The van der Waals surface area contributed by atoms with Crippen molar-refractivity contribution in [3.05, 3.63) is 85.1 Å². The lowest BCUT2D eigenvalue weighted by Crippen LogP contribution is -2.28. The Morgan fingerprint density at radius 3 is 1.63 bits per heavy atom. The average molecular weight is 680 g/mol. The number of allylic oxidation sites excluding steroid dienone is 13. The van der Waals surface area contributed by atoms with Crippen LogP contribution >= 0.6 is 0 Å². The van der Waals surface area contributed by atoms with E-state index < -0.39 is 5.97 Å². The standard InChI is InChI=1S/C43H69NO5/c1-3-5-7-9-11-13-15-17-19-20-22-24-26-28-30-32-38-43(48)49-40(36-33-34-37-41(45)44-39-42(46)47)35-31-29-27-25-23-21-18-16-14-12-10-8-6-4-2/h6,8,12-15,18-21,25,27,31,35,40H,3-5,7,9-11,16-17,22-24,26,28-30,32-34,36-39H2,1-2H3,(H,44,45)(H,46,47)/b8-6-,14-12-,15-13-,20-19-,21-18-,27-25-,35-31-. The first-order chi connectivity index (χ1) is 24.0. The van der Waals surface area contributed by atoms with E-state index in [1.807, 2.05) is 12.2 Å². The summed E-state index contributed by atoms with van der Waals surface area (Å²) in [6.45, 7) is 4.02. The Bertz CT molecular complexity index is 1020. The van der Waals surface area contributed by atoms with Crippen molar-refractivity contribution < 1.29 is 24.2 Å². The number of esters is 1. The maximum Gasteiger partial charge on any atom is 0.322 e. The summed E-state index contributed by atoms with van der Waals surface area (Å²) in [7, 11) is 0. The molecule has 0 saturated carbocycles. The molecule has 0 saturated heterocycles. The highest BCUT2D eigenvalue weighted by molar-refractivity contribution is 5.80. The van der Waals surface area contributed by atoms with Crippen molar-refractivity contribution in [1.82, 2.24) is 5.32 Å². The second-order valence-corrected chi connectivity index (χ2v) is 12.4. The third kappa shape index (κ3) is 37.3. The lowest BCUT2D eigenvalue weighted by atomic mass is 10.1. The van der Waals surface area contributed by atoms with Gasteiger partial charge in [0.2, 0.25) is 5.91 Å². The molecule has 0 fully saturated rings. The number of carboxylic acids is 1. The number of carbonyl (C=O) groups excluding carboxylic acids is 2. The van der Waals surface area contributed by atoms with Gasteiger partial charge in [-0.15, -0.1) is 0 Å². The van der Waals surface area contributed by atoms with E-state index in [-0.39, 0.29) is 30.9 Å². The molecule has 0 aliphatic heterocycles. The van der Waals surface area contributed by atoms with Crippen molar-refractivity contribution >= 4 is 17.8 Å². The van der Waals surface area contributed by atoms with E-state index >= 15 is 0 Å². The van der Waals surface area contributed by atoms with Crippen molar-refractivity contribution in [3.63, 3.8) is 0 Å². The van der Waals surface area contributed by atoms with E-state index in [9.17, 15) is 14.4 Å². The molecule has 0 spiro atoms. The second-order valence-electron chi connectivity index (χ2n) is 12.4. The summed E-state index contributed by atoms with van der Waals surface area (Å²) in [5.74, 6) is -1.51. The fourth-order valence-corrected chi connectivity index (χ4v) is 4.96. The quantitative estimate of drug-likeness (QED) is 0.0409. The molecule has 0 aliphatic carbocycles. The zero-order valence-electron chi connectivity index (χ0n) is 31.0. The minimum absolute atomic E-state index is 0.175. The molecule has 0 radical (unpaired) electrons. The normalized spacial score (nSPS) is 13.0. The number of aliphatic carboxylic acids is 1. The molecule has 276 valence electrons. The molecule has 0 rings (SSSR count). The summed E-state index contributed by atoms with van der Waals surface area (Å²) in [4.78, 5) is 35.1. The summed E-state index contributed by atoms with van der Waals surface area (Å²) in [5, 5.41) is 11.1. The summed E-state index contributed by atoms with van der Waals surface area (Å²) in [5.41, 5.74) is 0. The molecule has 0 aromatic heterocycles. The van der Waals surface area contributed by atoms with E-state index in [1.54, 1.807) is 0 Å². The van der Waals surface area contributed by atoms with Gasteiger partial charge in [-0.05, 0) is 96.0 Å². The zero-order valence-corrected chi connectivity index (χ0v) is 31.0. The second kappa shape index (κ2) is 37.4. The Morgan fingerprint density at radius 1 is 0.571 bits per heavy atom. The number of rotatable bonds is 33. The van der Waals surface area contributed by atoms with Crippen LogP contribution in [0.5, 0.6) is 0 Å². The van der Waals surface area contributed by atoms with Gasteiger partial charge in [-0.25, -0.2) is 0 Å². The van der Waals surface area contributed by atoms with Gasteiger partial charge in [-0.2, -0.15) is 0 Å². The Hall–Kier alpha value is -3.41. The number of hydrogen-bond donors (Lipinski definition) is 2. The lowest BCUT2D eigenvalue weighted by molar-refractivity contribution is -0.147. The molecule has 6 nitrogen and oxygen atoms in total. The first-order valence-electron chi connectivity index (χ1n) is 19.2. The Labute approximate surface area is 299 Å². The van der Waals surface area contributed by atoms with Crippen LogP contribution in [-0.2, 0) is 19.1 Å². The SMILES string of the molecule is CC/C=C\C/C=C\C/C=C\C/C=C\C/C=C\C(CCCCC(=O)NCC(=O)O)OC(=O)CCCCCCC/C=C\C/C=C\CCCCCC. The van der Waals surface area contributed by atoms with Gasteiger partial charge >= 0.3 is 11.9 Å². The summed E-state index contributed by atoms with van der Waals surface area (Å²) < 4.78 is 5.81. The molecular weight excluding hydrogens is 610 g/mol. The van der Waals surface area contributed by atoms with Gasteiger partial charge in [0.05, 0.1) is 0 Å². The average Bonchev–Trinajstić information content (AvgIpc) is 3.08. The molecule has 49 heavy (non-hydrogen) atoms. The Balaban J connectivity index is 4.38. The highest BCUT2D eigenvalue weighted by atomic mass is 16.5. The molecule has 0 aliphatic rings. The van der Waals surface area contributed by atoms with Gasteiger partial charge in [-0.1, -0.05) is 131 Å². The summed E-state index contributed by atoms with van der Waals surface area (Å²) >= 11 is 0. The third-order valence-corrected chi connectivity index (χ3v) is 7.79. The van der Waals surface area contributed by atoms with Crippen LogP contribution in [-0.4, -0.2) is 35.6 Å². The van der Waals surface area contributed by atoms with Crippen LogP contribution in [0, 0.1) is 0 Å². The number of ether oxygens (including phenoxy) is 1. The fraction of sp³-hybridized carbons (Fsp3) is 0.605. The Morgan fingerprint density at radius 2 is 1.06 bits per heavy atom. The van der Waals surface area contributed by atoms with E-state index in [0.29, 0.717) is 25.7 Å². The van der Waals surface area contributed by atoms with Gasteiger partial charge in [0.1, 0.15) is 12.6 Å². The van der Waals surface area contributed by atoms with Crippen molar-refractivity contribution in [2.45, 2.75) is 161 Å². The molecule has 2 N–H and O–H groups in total. The molecule has 0 aromatic rings. The number of unbranched alkanes of at least 4 members (excludes halogenated alkanes) is 10. The van der Waals surface area contributed by atoms with Crippen LogP contribution in [0.3, 0.4) is 0 Å². The molecule has 0 bridgehead atoms. The first-order valence-corrected chi connectivity index (χ1v) is 19.2. The van der Waals surface area contributed by atoms with E-state index in [1.165, 1.54) is 44.9 Å². The van der Waals surface area contributed by atoms with Crippen LogP contribution in [0.25, 0.3) is 0 Å². The molecule has 1 amide bonds. The summed E-state index contributed by atoms with van der Waals surface area (Å²) in [6.07, 6.45) is 51.3. The predicted octanol–water partition coefficient (Wildman–Crippen LogP) is 11.6. The van der Waals surface area contributed by atoms with Crippen molar-refractivity contribution in [3.8, 4) is 0 Å². The van der Waals surface area contributed by atoms with Gasteiger partial charge in [0.15, 0.2) is 0 Å². The largest absolute Gasteiger partial charge is 0.480 e. The lowest BCUT2D eigenvalue weighted by Gasteiger charge is -2.14. The highest BCUT2D eigenvalue weighted by Crippen LogP contribution is 2.13. The van der Waals surface area contributed by atoms with Crippen molar-refractivity contribution in [1.29, 1.82) is 0 Å². The monoisotopic (exact) mass is 680 g/mol. The minimum Gasteiger partial charge on any atom is -0.480 e. The topological polar surface area (TPSA) is 92.7 Å². The van der Waals surface area contributed by atoms with Gasteiger partial charge in [0, 0.05) is 12.8 Å². The van der Waals surface area contributed by atoms with Crippen LogP contribution in [0.2, 0.25) is 0 Å². The number of nitrogens with one attached hydrogen (secondary N) is 1. The Kier molecular flexibility index (Phi) is 34.8. The maximum atomic E-state index is 12.6. The van der Waals surface area contributed by atoms with Gasteiger partial charge in [0.25, 0.3) is 0 Å². The maximum absolute atomic E-state index is 12.6. The van der Waals surface area contributed by atoms with Gasteiger partial charge in [-0.3, -0.25) is 14.4 Å². The third-order valence-electron chi connectivity index (χ3n) is 7.79. The molecular formula is C43H69NO5. The molecule has 0 heterocycles. The van der Waals surface area contributed by atoms with E-state index in [2.05, 4.69) is 92.1 Å².